The second-order valence-electron chi connectivity index (χ2n) is 4.69. The van der Waals surface area contributed by atoms with Crippen LogP contribution in [0.25, 0.3) is 0 Å². The summed E-state index contributed by atoms with van der Waals surface area (Å²) in [6, 6.07) is 9.51. The van der Waals surface area contributed by atoms with Crippen molar-refractivity contribution in [3.8, 4) is 5.75 Å². The molecule has 0 radical (unpaired) electrons. The van der Waals surface area contributed by atoms with E-state index in [9.17, 15) is 9.59 Å². The van der Waals surface area contributed by atoms with Gasteiger partial charge < -0.3 is 10.1 Å². The van der Waals surface area contributed by atoms with Gasteiger partial charge in [-0.15, -0.1) is 0 Å². The van der Waals surface area contributed by atoms with Gasteiger partial charge in [-0.2, -0.15) is 0 Å². The molecule has 2 aromatic carbocycles. The normalized spacial score (nSPS) is 10.3. The second kappa shape index (κ2) is 7.68. The summed E-state index contributed by atoms with van der Waals surface area (Å²) >= 11 is 17.8. The topological polar surface area (TPSA) is 55.4 Å². The van der Waals surface area contributed by atoms with Gasteiger partial charge in [0.2, 0.25) is 5.91 Å². The van der Waals surface area contributed by atoms with Gasteiger partial charge in [0.05, 0.1) is 15.6 Å². The number of ether oxygens (including phenoxy) is 1. The van der Waals surface area contributed by atoms with E-state index < -0.39 is 5.97 Å². The molecule has 0 aromatic heterocycles. The molecule has 4 nitrogen and oxygen atoms in total. The number of hydrogen-bond donors (Lipinski definition) is 1. The molecule has 0 heterocycles. The Kier molecular flexibility index (Phi) is 5.88. The Morgan fingerprint density at radius 3 is 2.13 bits per heavy atom. The first kappa shape index (κ1) is 17.6. The lowest BCUT2D eigenvalue weighted by Gasteiger charge is -2.09. The average molecular weight is 373 g/mol. The van der Waals surface area contributed by atoms with Crippen molar-refractivity contribution in [3.63, 3.8) is 0 Å². The monoisotopic (exact) mass is 371 g/mol. The van der Waals surface area contributed by atoms with Crippen LogP contribution in [-0.2, 0) is 11.3 Å². The number of amides is 1. The fraction of sp³-hybridized carbons (Fsp3) is 0.125. The maximum absolute atomic E-state index is 12.1. The summed E-state index contributed by atoms with van der Waals surface area (Å²) < 4.78 is 5.22. The van der Waals surface area contributed by atoms with Gasteiger partial charge in [0.25, 0.3) is 0 Å². The molecular formula is C16H12Cl3NO3. The van der Waals surface area contributed by atoms with Crippen molar-refractivity contribution >= 4 is 46.7 Å². The smallest absolute Gasteiger partial charge is 0.343 e. The minimum absolute atomic E-state index is 0.0602. The fourth-order valence-corrected chi connectivity index (χ4v) is 2.66. The van der Waals surface area contributed by atoms with Gasteiger partial charge >= 0.3 is 5.97 Å². The van der Waals surface area contributed by atoms with Crippen molar-refractivity contribution in [3.05, 3.63) is 62.6 Å². The fourth-order valence-electron chi connectivity index (χ4n) is 1.76. The highest BCUT2D eigenvalue weighted by atomic mass is 35.5. The SMILES string of the molecule is CC(=O)NCc1ccc(C(=O)Oc2c(Cl)cc(Cl)cc2Cl)cc1. The zero-order chi connectivity index (χ0) is 17.0. The summed E-state index contributed by atoms with van der Waals surface area (Å²) in [5.41, 5.74) is 1.19. The van der Waals surface area contributed by atoms with Gasteiger partial charge in [-0.05, 0) is 29.8 Å². The number of rotatable bonds is 4. The molecule has 2 rings (SSSR count). The molecule has 0 aliphatic heterocycles. The third-order valence-electron chi connectivity index (χ3n) is 2.89. The molecule has 0 fully saturated rings. The van der Waals surface area contributed by atoms with E-state index in [1.807, 2.05) is 0 Å². The minimum atomic E-state index is -0.595. The highest BCUT2D eigenvalue weighted by Gasteiger charge is 2.15. The van der Waals surface area contributed by atoms with Crippen LogP contribution in [0.1, 0.15) is 22.8 Å². The molecule has 120 valence electrons. The summed E-state index contributed by atoms with van der Waals surface area (Å²) in [5, 5.41) is 3.32. The molecule has 0 spiro atoms. The number of hydrogen-bond acceptors (Lipinski definition) is 3. The third kappa shape index (κ3) is 4.86. The predicted molar refractivity (Wildman–Crippen MR) is 90.4 cm³/mol. The molecule has 0 aliphatic rings. The van der Waals surface area contributed by atoms with Crippen LogP contribution in [0.2, 0.25) is 15.1 Å². The van der Waals surface area contributed by atoms with E-state index in [1.165, 1.54) is 19.1 Å². The molecule has 0 saturated heterocycles. The van der Waals surface area contributed by atoms with Gasteiger partial charge in [-0.1, -0.05) is 46.9 Å². The van der Waals surface area contributed by atoms with E-state index in [1.54, 1.807) is 24.3 Å². The highest BCUT2D eigenvalue weighted by molar-refractivity contribution is 6.40. The van der Waals surface area contributed by atoms with E-state index in [-0.39, 0.29) is 21.7 Å². The summed E-state index contributed by atoms with van der Waals surface area (Å²) in [7, 11) is 0. The van der Waals surface area contributed by atoms with E-state index >= 15 is 0 Å². The molecule has 2 aromatic rings. The first-order valence-electron chi connectivity index (χ1n) is 6.57. The molecule has 1 amide bonds. The highest BCUT2D eigenvalue weighted by Crippen LogP contribution is 2.36. The van der Waals surface area contributed by atoms with Crippen molar-refractivity contribution < 1.29 is 14.3 Å². The first-order valence-corrected chi connectivity index (χ1v) is 7.70. The quantitative estimate of drug-likeness (QED) is 0.635. The van der Waals surface area contributed by atoms with Crippen LogP contribution in [0.4, 0.5) is 0 Å². The zero-order valence-electron chi connectivity index (χ0n) is 12.0. The van der Waals surface area contributed by atoms with Crippen molar-refractivity contribution in [1.29, 1.82) is 0 Å². The van der Waals surface area contributed by atoms with Gasteiger partial charge in [0, 0.05) is 18.5 Å². The average Bonchev–Trinajstić information content (AvgIpc) is 2.49. The standard InChI is InChI=1S/C16H12Cl3NO3/c1-9(21)20-8-10-2-4-11(5-3-10)16(22)23-15-13(18)6-12(17)7-14(15)19/h2-7H,8H2,1H3,(H,20,21). The number of halogens is 3. The van der Waals surface area contributed by atoms with E-state index in [4.69, 9.17) is 39.5 Å². The summed E-state index contributed by atoms with van der Waals surface area (Å²) in [6.45, 7) is 1.82. The van der Waals surface area contributed by atoms with Gasteiger partial charge in [0.15, 0.2) is 5.75 Å². The number of carbonyl (C=O) groups is 2. The van der Waals surface area contributed by atoms with E-state index in [0.29, 0.717) is 17.1 Å². The first-order chi connectivity index (χ1) is 10.9. The van der Waals surface area contributed by atoms with Crippen molar-refractivity contribution in [2.24, 2.45) is 0 Å². The Morgan fingerprint density at radius 2 is 1.61 bits per heavy atom. The molecule has 0 unspecified atom stereocenters. The molecule has 0 saturated carbocycles. The lowest BCUT2D eigenvalue weighted by molar-refractivity contribution is -0.119. The third-order valence-corrected chi connectivity index (χ3v) is 3.67. The predicted octanol–water partition coefficient (Wildman–Crippen LogP) is 4.50. The lowest BCUT2D eigenvalue weighted by Crippen LogP contribution is -2.19. The Morgan fingerprint density at radius 1 is 1.04 bits per heavy atom. The number of benzene rings is 2. The second-order valence-corrected chi connectivity index (χ2v) is 5.95. The van der Waals surface area contributed by atoms with Crippen molar-refractivity contribution in [1.82, 2.24) is 5.32 Å². The molecule has 0 atom stereocenters. The van der Waals surface area contributed by atoms with Crippen LogP contribution >= 0.6 is 34.8 Å². The van der Waals surface area contributed by atoms with Crippen molar-refractivity contribution in [2.45, 2.75) is 13.5 Å². The summed E-state index contributed by atoms with van der Waals surface area (Å²) in [4.78, 5) is 23.0. The van der Waals surface area contributed by atoms with Crippen LogP contribution < -0.4 is 10.1 Å². The Hall–Kier alpha value is -1.75. The van der Waals surface area contributed by atoms with Gasteiger partial charge in [-0.3, -0.25) is 4.79 Å². The molecular weight excluding hydrogens is 361 g/mol. The van der Waals surface area contributed by atoms with Crippen LogP contribution in [-0.4, -0.2) is 11.9 Å². The lowest BCUT2D eigenvalue weighted by atomic mass is 10.1. The largest absolute Gasteiger partial charge is 0.420 e. The van der Waals surface area contributed by atoms with Crippen LogP contribution in [0.3, 0.4) is 0 Å². The summed E-state index contributed by atoms with van der Waals surface area (Å²) in [6.07, 6.45) is 0. The maximum Gasteiger partial charge on any atom is 0.343 e. The molecule has 0 aliphatic carbocycles. The molecule has 23 heavy (non-hydrogen) atoms. The number of esters is 1. The molecule has 0 bridgehead atoms. The Bertz CT molecular complexity index is 722. The molecule has 7 heteroatoms. The zero-order valence-corrected chi connectivity index (χ0v) is 14.3. The van der Waals surface area contributed by atoms with Crippen molar-refractivity contribution in [2.75, 3.05) is 0 Å². The Balaban J connectivity index is 2.11. The minimum Gasteiger partial charge on any atom is -0.420 e. The maximum atomic E-state index is 12.1. The van der Waals surface area contributed by atoms with Crippen LogP contribution in [0.5, 0.6) is 5.75 Å². The Labute approximate surface area is 148 Å². The van der Waals surface area contributed by atoms with Crippen LogP contribution in [0, 0.1) is 0 Å². The van der Waals surface area contributed by atoms with Gasteiger partial charge in [0.1, 0.15) is 0 Å². The van der Waals surface area contributed by atoms with E-state index in [2.05, 4.69) is 5.32 Å². The number of carbonyl (C=O) groups excluding carboxylic acids is 2. The van der Waals surface area contributed by atoms with Crippen LogP contribution in [0.15, 0.2) is 36.4 Å². The van der Waals surface area contributed by atoms with Gasteiger partial charge in [-0.25, -0.2) is 4.79 Å². The number of nitrogens with one attached hydrogen (secondary N) is 1. The van der Waals surface area contributed by atoms with E-state index in [0.717, 1.165) is 5.56 Å². The summed E-state index contributed by atoms with van der Waals surface area (Å²) in [5.74, 6) is -0.659. The molecule has 1 N–H and O–H groups in total.